The number of morpholine rings is 1. The number of amides is 2. The molecule has 0 bridgehead atoms. The topological polar surface area (TPSA) is 82.6 Å². The van der Waals surface area contributed by atoms with Crippen molar-refractivity contribution in [3.8, 4) is 11.4 Å². The summed E-state index contributed by atoms with van der Waals surface area (Å²) >= 11 is 0. The predicted molar refractivity (Wildman–Crippen MR) is 113 cm³/mol. The molecule has 1 aromatic carbocycles. The van der Waals surface area contributed by atoms with Gasteiger partial charge in [0, 0.05) is 37.3 Å². The van der Waals surface area contributed by atoms with Gasteiger partial charge in [0.1, 0.15) is 11.5 Å². The van der Waals surface area contributed by atoms with Crippen LogP contribution in [0.25, 0.3) is 11.4 Å². The Morgan fingerprint density at radius 2 is 2.00 bits per heavy atom. The maximum atomic E-state index is 14.7. The van der Waals surface area contributed by atoms with E-state index in [4.69, 9.17) is 9.72 Å². The number of nitrogens with one attached hydrogen (secondary N) is 2. The lowest BCUT2D eigenvalue weighted by molar-refractivity contribution is 0.0984. The minimum atomic E-state index is -0.885. The average Bonchev–Trinajstić information content (AvgIpc) is 3.10. The first-order chi connectivity index (χ1) is 14.9. The first-order valence-corrected chi connectivity index (χ1v) is 10.3. The third-order valence-electron chi connectivity index (χ3n) is 5.43. The summed E-state index contributed by atoms with van der Waals surface area (Å²) in [6.45, 7) is 7.34. The zero-order chi connectivity index (χ0) is 22.1. The van der Waals surface area contributed by atoms with Crippen molar-refractivity contribution in [1.82, 2.24) is 20.2 Å². The molecule has 2 N–H and O–H groups in total. The van der Waals surface area contributed by atoms with Crippen LogP contribution in [0, 0.1) is 11.6 Å². The molecule has 1 fully saturated rings. The molecule has 2 amide bonds. The monoisotopic (exact) mass is 432 g/mol. The lowest BCUT2D eigenvalue weighted by Crippen LogP contribution is -2.44. The van der Waals surface area contributed by atoms with Crippen LogP contribution in [0.15, 0.2) is 12.1 Å². The molecule has 1 atom stereocenters. The van der Waals surface area contributed by atoms with Crippen LogP contribution in [-0.2, 0) is 17.8 Å². The van der Waals surface area contributed by atoms with E-state index in [0.717, 1.165) is 29.2 Å². The van der Waals surface area contributed by atoms with E-state index < -0.39 is 23.4 Å². The number of fused-ring (bicyclic) bond motifs is 1. The highest BCUT2D eigenvalue weighted by molar-refractivity contribution is 5.89. The summed E-state index contributed by atoms with van der Waals surface area (Å²) in [5, 5.41) is 4.65. The SMILES string of the molecule is CCNC(=O)Nc1c(F)cc(-c2nc3c(c(N4CCOC[C@@H]4C)n2)CN(C)C3)cc1F. The normalized spacial score (nSPS) is 18.7. The highest BCUT2D eigenvalue weighted by Crippen LogP contribution is 2.34. The van der Waals surface area contributed by atoms with Crippen LogP contribution in [0.5, 0.6) is 0 Å². The highest BCUT2D eigenvalue weighted by atomic mass is 19.1. The predicted octanol–water partition coefficient (Wildman–Crippen LogP) is 2.73. The number of carbonyl (C=O) groups is 1. The largest absolute Gasteiger partial charge is 0.377 e. The number of ether oxygens (including phenoxy) is 1. The Morgan fingerprint density at radius 3 is 2.68 bits per heavy atom. The number of halogens is 2. The van der Waals surface area contributed by atoms with Gasteiger partial charge in [0.2, 0.25) is 0 Å². The maximum Gasteiger partial charge on any atom is 0.319 e. The molecule has 166 valence electrons. The van der Waals surface area contributed by atoms with Crippen molar-refractivity contribution in [2.75, 3.05) is 43.6 Å². The fourth-order valence-corrected chi connectivity index (χ4v) is 3.94. The molecular formula is C21H26F2N6O2. The second kappa shape index (κ2) is 8.72. The van der Waals surface area contributed by atoms with Gasteiger partial charge in [0.05, 0.1) is 24.9 Å². The van der Waals surface area contributed by atoms with E-state index in [1.54, 1.807) is 6.92 Å². The van der Waals surface area contributed by atoms with Crippen LogP contribution >= 0.6 is 0 Å². The Morgan fingerprint density at radius 1 is 1.26 bits per heavy atom. The highest BCUT2D eigenvalue weighted by Gasteiger charge is 2.30. The molecule has 0 saturated carbocycles. The van der Waals surface area contributed by atoms with Gasteiger partial charge in [-0.3, -0.25) is 4.90 Å². The summed E-state index contributed by atoms with van der Waals surface area (Å²) in [6.07, 6.45) is 0. The Bertz CT molecular complexity index is 979. The average molecular weight is 432 g/mol. The van der Waals surface area contributed by atoms with Gasteiger partial charge in [-0.1, -0.05) is 0 Å². The van der Waals surface area contributed by atoms with E-state index >= 15 is 0 Å². The summed E-state index contributed by atoms with van der Waals surface area (Å²) in [6, 6.07) is 1.76. The molecule has 1 aromatic heterocycles. The zero-order valence-corrected chi connectivity index (χ0v) is 17.8. The molecule has 0 radical (unpaired) electrons. The number of hydrogen-bond acceptors (Lipinski definition) is 6. The van der Waals surface area contributed by atoms with Crippen molar-refractivity contribution >= 4 is 17.5 Å². The number of rotatable bonds is 4. The van der Waals surface area contributed by atoms with Crippen LogP contribution in [0.3, 0.4) is 0 Å². The molecule has 31 heavy (non-hydrogen) atoms. The van der Waals surface area contributed by atoms with Gasteiger partial charge >= 0.3 is 6.03 Å². The summed E-state index contributed by atoms with van der Waals surface area (Å²) in [4.78, 5) is 25.3. The lowest BCUT2D eigenvalue weighted by atomic mass is 10.1. The molecule has 2 aromatic rings. The summed E-state index contributed by atoms with van der Waals surface area (Å²) in [5.41, 5.74) is 1.61. The fourth-order valence-electron chi connectivity index (χ4n) is 3.94. The Hall–Kier alpha value is -2.85. The van der Waals surface area contributed by atoms with Gasteiger partial charge in [-0.2, -0.15) is 0 Å². The van der Waals surface area contributed by atoms with Crippen LogP contribution < -0.4 is 15.5 Å². The summed E-state index contributed by atoms with van der Waals surface area (Å²) in [7, 11) is 2.00. The molecule has 10 heteroatoms. The quantitative estimate of drug-likeness (QED) is 0.773. The van der Waals surface area contributed by atoms with Crippen molar-refractivity contribution < 1.29 is 18.3 Å². The zero-order valence-electron chi connectivity index (χ0n) is 17.8. The lowest BCUT2D eigenvalue weighted by Gasteiger charge is -2.35. The fraction of sp³-hybridized carbons (Fsp3) is 0.476. The Balaban J connectivity index is 1.74. The van der Waals surface area contributed by atoms with Crippen LogP contribution in [0.4, 0.5) is 25.1 Å². The molecule has 0 spiro atoms. The minimum absolute atomic E-state index is 0.128. The molecule has 3 heterocycles. The summed E-state index contributed by atoms with van der Waals surface area (Å²) in [5.74, 6) is -0.733. The minimum Gasteiger partial charge on any atom is -0.377 e. The Labute approximate surface area is 179 Å². The molecule has 0 aliphatic carbocycles. The number of hydrogen-bond donors (Lipinski definition) is 2. The number of nitrogens with zero attached hydrogens (tertiary/aromatic N) is 4. The molecule has 2 aliphatic rings. The standard InChI is InChI=1S/C21H26F2N6O2/c1-4-24-21(30)26-18-15(22)7-13(8-16(18)23)19-25-17-10-28(3)9-14(17)20(27-19)29-5-6-31-11-12(29)2/h7-8,12H,4-6,9-11H2,1-3H3,(H2,24,26,30)/t12-/m0/s1. The molecule has 8 nitrogen and oxygen atoms in total. The van der Waals surface area contributed by atoms with Gasteiger partial charge < -0.3 is 20.3 Å². The second-order valence-corrected chi connectivity index (χ2v) is 7.89. The number of aromatic nitrogens is 2. The van der Waals surface area contributed by atoms with E-state index in [1.807, 2.05) is 7.05 Å². The van der Waals surface area contributed by atoms with E-state index in [-0.39, 0.29) is 17.4 Å². The van der Waals surface area contributed by atoms with E-state index in [1.165, 1.54) is 0 Å². The number of benzene rings is 1. The van der Waals surface area contributed by atoms with Crippen molar-refractivity contribution in [1.29, 1.82) is 0 Å². The van der Waals surface area contributed by atoms with Crippen molar-refractivity contribution in [3.05, 3.63) is 35.0 Å². The van der Waals surface area contributed by atoms with Gasteiger partial charge in [0.25, 0.3) is 0 Å². The Kier molecular flexibility index (Phi) is 6.01. The third-order valence-corrected chi connectivity index (χ3v) is 5.43. The summed E-state index contributed by atoms with van der Waals surface area (Å²) < 4.78 is 34.9. The van der Waals surface area contributed by atoms with Crippen molar-refractivity contribution in [2.45, 2.75) is 33.0 Å². The van der Waals surface area contributed by atoms with Crippen molar-refractivity contribution in [3.63, 3.8) is 0 Å². The molecule has 0 unspecified atom stereocenters. The molecular weight excluding hydrogens is 406 g/mol. The number of anilines is 2. The maximum absolute atomic E-state index is 14.7. The van der Waals surface area contributed by atoms with Crippen molar-refractivity contribution in [2.24, 2.45) is 0 Å². The smallest absolute Gasteiger partial charge is 0.319 e. The first-order valence-electron chi connectivity index (χ1n) is 10.3. The van der Waals surface area contributed by atoms with Crippen LogP contribution in [0.2, 0.25) is 0 Å². The molecule has 4 rings (SSSR count). The second-order valence-electron chi connectivity index (χ2n) is 7.89. The van der Waals surface area contributed by atoms with E-state index in [2.05, 4.69) is 32.3 Å². The number of urea groups is 1. The molecule has 1 saturated heterocycles. The van der Waals surface area contributed by atoms with E-state index in [0.29, 0.717) is 39.4 Å². The van der Waals surface area contributed by atoms with Gasteiger partial charge in [-0.25, -0.2) is 23.5 Å². The van der Waals surface area contributed by atoms with Crippen LogP contribution in [-0.4, -0.2) is 60.3 Å². The number of carbonyl (C=O) groups excluding carboxylic acids is 1. The van der Waals surface area contributed by atoms with Gasteiger partial charge in [-0.15, -0.1) is 0 Å². The van der Waals surface area contributed by atoms with Gasteiger partial charge in [0.15, 0.2) is 17.5 Å². The van der Waals surface area contributed by atoms with Gasteiger partial charge in [-0.05, 0) is 33.0 Å². The molecule has 2 aliphatic heterocycles. The van der Waals surface area contributed by atoms with Crippen LogP contribution in [0.1, 0.15) is 25.1 Å². The third kappa shape index (κ3) is 4.31. The van der Waals surface area contributed by atoms with E-state index in [9.17, 15) is 13.6 Å². The first kappa shape index (κ1) is 21.4.